The highest BCUT2D eigenvalue weighted by Crippen LogP contribution is 2.36. The number of nitriles is 1. The van der Waals surface area contributed by atoms with E-state index in [1.54, 1.807) is 24.1 Å². The van der Waals surface area contributed by atoms with E-state index in [4.69, 9.17) is 10.5 Å². The molecule has 4 heterocycles. The van der Waals surface area contributed by atoms with Crippen molar-refractivity contribution in [3.63, 3.8) is 0 Å². The van der Waals surface area contributed by atoms with Gasteiger partial charge in [0, 0.05) is 24.4 Å². The van der Waals surface area contributed by atoms with Crippen LogP contribution in [-0.2, 0) is 13.6 Å². The predicted molar refractivity (Wildman–Crippen MR) is 114 cm³/mol. The molecule has 31 heavy (non-hydrogen) atoms. The summed E-state index contributed by atoms with van der Waals surface area (Å²) in [6.07, 6.45) is 2.96. The van der Waals surface area contributed by atoms with Crippen molar-refractivity contribution in [1.82, 2.24) is 29.5 Å². The predicted octanol–water partition coefficient (Wildman–Crippen LogP) is 3.00. The number of benzene rings is 1. The summed E-state index contributed by atoms with van der Waals surface area (Å²) in [5.41, 5.74) is 12.3. The molecule has 1 aromatic carbocycles. The fraction of sp³-hybridized carbons (Fsp3) is 0.227. The molecule has 1 aliphatic heterocycles. The zero-order valence-corrected chi connectivity index (χ0v) is 17.4. The summed E-state index contributed by atoms with van der Waals surface area (Å²) in [7, 11) is 1.73. The third kappa shape index (κ3) is 3.00. The maximum absolute atomic E-state index is 9.75. The van der Waals surface area contributed by atoms with Crippen molar-refractivity contribution in [3.8, 4) is 34.5 Å². The second-order valence-corrected chi connectivity index (χ2v) is 7.58. The third-order valence-corrected chi connectivity index (χ3v) is 5.47. The fourth-order valence-electron chi connectivity index (χ4n) is 3.99. The van der Waals surface area contributed by atoms with Gasteiger partial charge in [0.25, 0.3) is 5.88 Å². The highest BCUT2D eigenvalue weighted by atomic mass is 16.5. The smallest absolute Gasteiger partial charge is 0.258 e. The number of anilines is 1. The van der Waals surface area contributed by atoms with Crippen molar-refractivity contribution in [2.24, 2.45) is 7.05 Å². The number of aromatic nitrogens is 6. The summed E-state index contributed by atoms with van der Waals surface area (Å²) in [6, 6.07) is 10.4. The van der Waals surface area contributed by atoms with Crippen LogP contribution in [0.5, 0.6) is 5.88 Å². The van der Waals surface area contributed by atoms with Crippen molar-refractivity contribution in [2.45, 2.75) is 26.5 Å². The number of nitrogen functional groups attached to an aromatic ring is 1. The molecule has 9 nitrogen and oxygen atoms in total. The van der Waals surface area contributed by atoms with Crippen LogP contribution >= 0.6 is 0 Å². The van der Waals surface area contributed by atoms with Crippen molar-refractivity contribution in [2.75, 3.05) is 5.73 Å². The second-order valence-electron chi connectivity index (χ2n) is 7.58. The Kier molecular flexibility index (Phi) is 4.22. The first kappa shape index (κ1) is 18.8. The van der Waals surface area contributed by atoms with E-state index >= 15 is 0 Å². The molecule has 4 aromatic rings. The molecular formula is C22H20N8O. The molecule has 0 unspecified atom stereocenters. The first-order chi connectivity index (χ1) is 15.0. The monoisotopic (exact) mass is 412 g/mol. The van der Waals surface area contributed by atoms with Crippen LogP contribution in [0.4, 0.5) is 5.82 Å². The second kappa shape index (κ2) is 6.95. The molecule has 5 rings (SSSR count). The Balaban J connectivity index is 1.83. The van der Waals surface area contributed by atoms with E-state index in [2.05, 4.69) is 44.4 Å². The van der Waals surface area contributed by atoms with E-state index in [9.17, 15) is 5.26 Å². The zero-order valence-electron chi connectivity index (χ0n) is 17.4. The number of nitrogens with zero attached hydrogens (tertiary/aromatic N) is 7. The minimum atomic E-state index is -0.340. The van der Waals surface area contributed by atoms with Gasteiger partial charge < -0.3 is 10.5 Å². The van der Waals surface area contributed by atoms with E-state index in [1.807, 2.05) is 24.6 Å². The molecule has 0 saturated heterocycles. The molecule has 0 radical (unpaired) electrons. The van der Waals surface area contributed by atoms with Gasteiger partial charge in [0.1, 0.15) is 17.9 Å². The van der Waals surface area contributed by atoms with Crippen LogP contribution in [0.3, 0.4) is 0 Å². The van der Waals surface area contributed by atoms with Gasteiger partial charge in [0.15, 0.2) is 5.82 Å². The first-order valence-corrected chi connectivity index (χ1v) is 9.84. The minimum absolute atomic E-state index is 0.191. The number of nitrogens with two attached hydrogens (primary N) is 1. The zero-order chi connectivity index (χ0) is 21.7. The van der Waals surface area contributed by atoms with Crippen molar-refractivity contribution in [3.05, 3.63) is 59.2 Å². The Bertz CT molecular complexity index is 1360. The largest absolute Gasteiger partial charge is 0.467 e. The fourth-order valence-corrected chi connectivity index (χ4v) is 3.99. The molecule has 9 heteroatoms. The molecule has 1 aliphatic rings. The van der Waals surface area contributed by atoms with E-state index in [-0.39, 0.29) is 17.8 Å². The minimum Gasteiger partial charge on any atom is -0.467 e. The van der Waals surface area contributed by atoms with Crippen LogP contribution in [0.2, 0.25) is 0 Å². The standard InChI is InChI=1S/C22H20N8O/c1-12-4-5-14-15(8-12)13(2)31-22-21(24)25-10-16(27-22)20-17(28-29(3)19(20)9-23)11-30-18(14)6-7-26-30/h4-8,10,13H,11H2,1-3H3,(H2,24,25)/t13-/m1/s1. The number of ether oxygens (including phenoxy) is 1. The lowest BCUT2D eigenvalue weighted by Crippen LogP contribution is -2.12. The quantitative estimate of drug-likeness (QED) is 0.471. The van der Waals surface area contributed by atoms with Crippen LogP contribution in [0.1, 0.15) is 35.5 Å². The van der Waals surface area contributed by atoms with E-state index < -0.39 is 0 Å². The molecule has 3 aromatic heterocycles. The number of hydrogen-bond acceptors (Lipinski definition) is 7. The van der Waals surface area contributed by atoms with Crippen LogP contribution in [0, 0.1) is 18.3 Å². The third-order valence-electron chi connectivity index (χ3n) is 5.47. The first-order valence-electron chi connectivity index (χ1n) is 9.84. The summed E-state index contributed by atoms with van der Waals surface area (Å²) < 4.78 is 9.61. The lowest BCUT2D eigenvalue weighted by Gasteiger charge is -2.21. The molecule has 0 amide bonds. The summed E-state index contributed by atoms with van der Waals surface area (Å²) in [6.45, 7) is 4.37. The van der Waals surface area contributed by atoms with Gasteiger partial charge in [-0.25, -0.2) is 9.97 Å². The van der Waals surface area contributed by atoms with E-state index in [1.165, 1.54) is 0 Å². The number of aryl methyl sites for hydroxylation is 2. The number of fused-ring (bicyclic) bond motifs is 7. The van der Waals surface area contributed by atoms with Gasteiger partial charge in [0.05, 0.1) is 35.4 Å². The molecule has 2 bridgehead atoms. The molecule has 2 N–H and O–H groups in total. The van der Waals surface area contributed by atoms with Crippen LogP contribution in [-0.4, -0.2) is 29.5 Å². The highest BCUT2D eigenvalue weighted by Gasteiger charge is 2.25. The Morgan fingerprint density at radius 2 is 2.13 bits per heavy atom. The van der Waals surface area contributed by atoms with E-state index in [0.717, 1.165) is 22.4 Å². The Hall–Kier alpha value is -4.19. The van der Waals surface area contributed by atoms with Gasteiger partial charge in [-0.15, -0.1) is 0 Å². The lowest BCUT2D eigenvalue weighted by atomic mass is 9.98. The Morgan fingerprint density at radius 3 is 2.94 bits per heavy atom. The van der Waals surface area contributed by atoms with Gasteiger partial charge in [0.2, 0.25) is 0 Å². The lowest BCUT2D eigenvalue weighted by molar-refractivity contribution is 0.219. The molecule has 0 spiro atoms. The van der Waals surface area contributed by atoms with Gasteiger partial charge in [-0.05, 0) is 19.9 Å². The molecule has 154 valence electrons. The summed E-state index contributed by atoms with van der Waals surface area (Å²) >= 11 is 0. The molecule has 0 aliphatic carbocycles. The van der Waals surface area contributed by atoms with Gasteiger partial charge >= 0.3 is 0 Å². The molecular weight excluding hydrogens is 392 g/mol. The van der Waals surface area contributed by atoms with Crippen LogP contribution in [0.25, 0.3) is 22.5 Å². The van der Waals surface area contributed by atoms with Crippen molar-refractivity contribution < 1.29 is 4.74 Å². The summed E-state index contributed by atoms with van der Waals surface area (Å²) in [4.78, 5) is 8.89. The summed E-state index contributed by atoms with van der Waals surface area (Å²) in [5, 5.41) is 18.9. The number of rotatable bonds is 0. The van der Waals surface area contributed by atoms with Crippen molar-refractivity contribution in [1.29, 1.82) is 5.26 Å². The molecule has 0 fully saturated rings. The summed E-state index contributed by atoms with van der Waals surface area (Å²) in [5.74, 6) is 0.418. The maximum atomic E-state index is 9.75. The Morgan fingerprint density at radius 1 is 1.29 bits per heavy atom. The van der Waals surface area contributed by atoms with Gasteiger partial charge in [-0.3, -0.25) is 9.36 Å². The topological polar surface area (TPSA) is 120 Å². The van der Waals surface area contributed by atoms with Crippen LogP contribution < -0.4 is 10.5 Å². The van der Waals surface area contributed by atoms with Gasteiger partial charge in [-0.2, -0.15) is 15.5 Å². The van der Waals surface area contributed by atoms with Gasteiger partial charge in [-0.1, -0.05) is 23.8 Å². The highest BCUT2D eigenvalue weighted by molar-refractivity contribution is 5.70. The number of hydrogen-bond donors (Lipinski definition) is 1. The molecule has 1 atom stereocenters. The van der Waals surface area contributed by atoms with Crippen molar-refractivity contribution >= 4 is 5.82 Å². The SMILES string of the molecule is Cc1ccc2c(c1)[C@@H](C)Oc1nc(cnc1N)-c1c(nn(C)c1C#N)Cn1nccc1-2. The normalized spacial score (nSPS) is 14.8. The maximum Gasteiger partial charge on any atom is 0.258 e. The van der Waals surface area contributed by atoms with Crippen LogP contribution in [0.15, 0.2) is 36.7 Å². The molecule has 0 saturated carbocycles. The van der Waals surface area contributed by atoms with E-state index in [0.29, 0.717) is 29.2 Å². The average Bonchev–Trinajstić information content (AvgIpc) is 3.32. The average molecular weight is 412 g/mol. The Labute approximate surface area is 178 Å².